The maximum atomic E-state index is 12.5. The lowest BCUT2D eigenvalue weighted by Crippen LogP contribution is -2.09. The van der Waals surface area contributed by atoms with Crippen molar-refractivity contribution >= 4 is 11.8 Å². The van der Waals surface area contributed by atoms with E-state index in [1.54, 1.807) is 4.57 Å². The summed E-state index contributed by atoms with van der Waals surface area (Å²) in [4.78, 5) is 0. The maximum absolute atomic E-state index is 12.5. The van der Waals surface area contributed by atoms with Gasteiger partial charge in [-0.15, -0.1) is 10.2 Å². The van der Waals surface area contributed by atoms with Crippen LogP contribution in [0.5, 0.6) is 5.75 Å². The van der Waals surface area contributed by atoms with Crippen molar-refractivity contribution in [1.29, 1.82) is 0 Å². The minimum absolute atomic E-state index is 0.118. The Balaban J connectivity index is 1.82. The molecule has 0 atom stereocenters. The van der Waals surface area contributed by atoms with Crippen molar-refractivity contribution in [3.8, 4) is 11.4 Å². The summed E-state index contributed by atoms with van der Waals surface area (Å²) in [5.41, 5.74) is 1.77. The molecule has 0 fully saturated rings. The summed E-state index contributed by atoms with van der Waals surface area (Å²) in [6, 6.07) is 16.9. The van der Waals surface area contributed by atoms with Crippen LogP contribution in [0.25, 0.3) is 5.69 Å². The Morgan fingerprint density at radius 2 is 1.70 bits per heavy atom. The van der Waals surface area contributed by atoms with E-state index < -0.39 is 12.6 Å². The number of para-hydroxylation sites is 2. The summed E-state index contributed by atoms with van der Waals surface area (Å²) in [5, 5.41) is 8.62. The molecule has 4 nitrogen and oxygen atoms in total. The summed E-state index contributed by atoms with van der Waals surface area (Å²) >= 11 is 1.03. The Hall–Kier alpha value is -2.48. The van der Waals surface area contributed by atoms with Gasteiger partial charge in [-0.2, -0.15) is 13.2 Å². The predicted molar refractivity (Wildman–Crippen MR) is 98.3 cm³/mol. The third-order valence-electron chi connectivity index (χ3n) is 3.78. The van der Waals surface area contributed by atoms with Crippen molar-refractivity contribution in [2.24, 2.45) is 0 Å². The van der Waals surface area contributed by atoms with Crippen LogP contribution in [0.2, 0.25) is 0 Å². The number of rotatable bonds is 7. The molecular formula is C19H18F3N3OS. The van der Waals surface area contributed by atoms with E-state index >= 15 is 0 Å². The van der Waals surface area contributed by atoms with Crippen LogP contribution in [0.1, 0.15) is 17.8 Å². The van der Waals surface area contributed by atoms with E-state index in [1.807, 2.05) is 61.5 Å². The zero-order valence-corrected chi connectivity index (χ0v) is 15.4. The van der Waals surface area contributed by atoms with Crippen LogP contribution in [0.15, 0.2) is 59.8 Å². The third-order valence-corrected chi connectivity index (χ3v) is 4.71. The van der Waals surface area contributed by atoms with Gasteiger partial charge in [-0.25, -0.2) is 0 Å². The highest BCUT2D eigenvalue weighted by molar-refractivity contribution is 7.99. The van der Waals surface area contributed by atoms with E-state index in [0.717, 1.165) is 28.8 Å². The molecule has 8 heteroatoms. The van der Waals surface area contributed by atoms with Gasteiger partial charge in [0, 0.05) is 11.4 Å². The minimum Gasteiger partial charge on any atom is -0.485 e. The van der Waals surface area contributed by atoms with Crippen LogP contribution in [0.3, 0.4) is 0 Å². The molecule has 0 saturated carbocycles. The summed E-state index contributed by atoms with van der Waals surface area (Å²) in [6.07, 6.45) is -5.07. The van der Waals surface area contributed by atoms with Gasteiger partial charge in [0.15, 0.2) is 11.0 Å². The van der Waals surface area contributed by atoms with Crippen LogP contribution < -0.4 is 4.74 Å². The Bertz CT molecular complexity index is 881. The van der Waals surface area contributed by atoms with Crippen LogP contribution in [-0.4, -0.2) is 26.7 Å². The van der Waals surface area contributed by atoms with Crippen LogP contribution in [0, 0.1) is 6.92 Å². The Morgan fingerprint density at radius 3 is 2.41 bits per heavy atom. The van der Waals surface area contributed by atoms with Crippen LogP contribution >= 0.6 is 11.8 Å². The molecule has 0 unspecified atom stereocenters. The normalized spacial score (nSPS) is 11.6. The fourth-order valence-electron chi connectivity index (χ4n) is 2.44. The standard InChI is InChI=1S/C19H18F3N3OS/c1-14-7-5-6-10-16(14)26-13-17-23-24-18(27-12-11-19(20,21)22)25(17)15-8-3-2-4-9-15/h2-10H,11-13H2,1H3. The lowest BCUT2D eigenvalue weighted by Gasteiger charge is -2.12. The fraction of sp³-hybridized carbons (Fsp3) is 0.263. The molecule has 0 N–H and O–H groups in total. The molecule has 1 heterocycles. The van der Waals surface area contributed by atoms with Gasteiger partial charge in [-0.1, -0.05) is 48.2 Å². The number of thioether (sulfide) groups is 1. The number of hydrogen-bond donors (Lipinski definition) is 0. The van der Waals surface area contributed by atoms with Crippen LogP contribution in [-0.2, 0) is 6.61 Å². The number of halogens is 3. The van der Waals surface area contributed by atoms with Crippen molar-refractivity contribution in [1.82, 2.24) is 14.8 Å². The van der Waals surface area contributed by atoms with Crippen molar-refractivity contribution in [3.05, 3.63) is 66.0 Å². The van der Waals surface area contributed by atoms with E-state index in [4.69, 9.17) is 4.74 Å². The molecule has 0 saturated heterocycles. The van der Waals surface area contributed by atoms with E-state index in [0.29, 0.717) is 11.0 Å². The van der Waals surface area contributed by atoms with Gasteiger partial charge < -0.3 is 4.74 Å². The van der Waals surface area contributed by atoms with Gasteiger partial charge in [0.1, 0.15) is 12.4 Å². The highest BCUT2D eigenvalue weighted by Gasteiger charge is 2.27. The van der Waals surface area contributed by atoms with E-state index in [-0.39, 0.29) is 12.4 Å². The average Bonchev–Trinajstić information content (AvgIpc) is 3.03. The second kappa shape index (κ2) is 8.47. The molecule has 27 heavy (non-hydrogen) atoms. The first kappa shape index (κ1) is 19.3. The van der Waals surface area contributed by atoms with Crippen molar-refractivity contribution in [2.45, 2.75) is 31.3 Å². The van der Waals surface area contributed by atoms with Crippen molar-refractivity contribution < 1.29 is 17.9 Å². The smallest absolute Gasteiger partial charge is 0.389 e. The minimum atomic E-state index is -4.19. The number of nitrogens with zero attached hydrogens (tertiary/aromatic N) is 3. The zero-order chi connectivity index (χ0) is 19.3. The summed E-state index contributed by atoms with van der Waals surface area (Å²) < 4.78 is 45.0. The van der Waals surface area contributed by atoms with E-state index in [9.17, 15) is 13.2 Å². The zero-order valence-electron chi connectivity index (χ0n) is 14.6. The van der Waals surface area contributed by atoms with Crippen LogP contribution in [0.4, 0.5) is 13.2 Å². The average molecular weight is 393 g/mol. The lowest BCUT2D eigenvalue weighted by molar-refractivity contribution is -0.129. The maximum Gasteiger partial charge on any atom is 0.389 e. The Labute approximate surface area is 159 Å². The van der Waals surface area contributed by atoms with Gasteiger partial charge in [0.25, 0.3) is 0 Å². The van der Waals surface area contributed by atoms with Gasteiger partial charge >= 0.3 is 6.18 Å². The first-order valence-corrected chi connectivity index (χ1v) is 9.30. The molecule has 0 aliphatic heterocycles. The fourth-order valence-corrected chi connectivity index (χ4v) is 3.40. The number of benzene rings is 2. The molecular weight excluding hydrogens is 375 g/mol. The molecule has 3 rings (SSSR count). The van der Waals surface area contributed by atoms with Crippen molar-refractivity contribution in [2.75, 3.05) is 5.75 Å². The molecule has 142 valence electrons. The number of alkyl halides is 3. The highest BCUT2D eigenvalue weighted by atomic mass is 32.2. The molecule has 0 aliphatic carbocycles. The number of hydrogen-bond acceptors (Lipinski definition) is 4. The molecule has 2 aromatic carbocycles. The van der Waals surface area contributed by atoms with Gasteiger partial charge in [-0.3, -0.25) is 4.57 Å². The van der Waals surface area contributed by atoms with Crippen molar-refractivity contribution in [3.63, 3.8) is 0 Å². The summed E-state index contributed by atoms with van der Waals surface area (Å²) in [6.45, 7) is 2.10. The lowest BCUT2D eigenvalue weighted by atomic mass is 10.2. The van der Waals surface area contributed by atoms with E-state index in [1.165, 1.54) is 0 Å². The first-order chi connectivity index (χ1) is 12.9. The Morgan fingerprint density at radius 1 is 1.00 bits per heavy atom. The summed E-state index contributed by atoms with van der Waals surface area (Å²) in [5.74, 6) is 1.14. The van der Waals surface area contributed by atoms with E-state index in [2.05, 4.69) is 10.2 Å². The monoisotopic (exact) mass is 393 g/mol. The Kier molecular flexibility index (Phi) is 6.05. The molecule has 3 aromatic rings. The molecule has 0 bridgehead atoms. The van der Waals surface area contributed by atoms with Gasteiger partial charge in [-0.05, 0) is 30.7 Å². The highest BCUT2D eigenvalue weighted by Crippen LogP contribution is 2.28. The number of aryl methyl sites for hydroxylation is 1. The summed E-state index contributed by atoms with van der Waals surface area (Å²) in [7, 11) is 0. The largest absolute Gasteiger partial charge is 0.485 e. The molecule has 0 amide bonds. The quantitative estimate of drug-likeness (QED) is 0.518. The second-order valence-electron chi connectivity index (χ2n) is 5.84. The van der Waals surface area contributed by atoms with Gasteiger partial charge in [0.05, 0.1) is 6.42 Å². The number of aromatic nitrogens is 3. The molecule has 0 radical (unpaired) electrons. The second-order valence-corrected chi connectivity index (χ2v) is 6.90. The topological polar surface area (TPSA) is 39.9 Å². The molecule has 1 aromatic heterocycles. The first-order valence-electron chi connectivity index (χ1n) is 8.32. The predicted octanol–water partition coefficient (Wildman–Crippen LogP) is 5.20. The third kappa shape index (κ3) is 5.26. The molecule has 0 spiro atoms. The molecule has 0 aliphatic rings. The SMILES string of the molecule is Cc1ccccc1OCc1nnc(SCCC(F)(F)F)n1-c1ccccc1. The number of ether oxygens (including phenoxy) is 1. The van der Waals surface area contributed by atoms with Gasteiger partial charge in [0.2, 0.25) is 0 Å².